The molecule has 3 aliphatic rings. The molecule has 2 aromatic heterocycles. The molecule has 2 aromatic carbocycles. The van der Waals surface area contributed by atoms with Gasteiger partial charge in [0.25, 0.3) is 0 Å². The average molecular weight is 762 g/mol. The number of halogens is 2. The van der Waals surface area contributed by atoms with E-state index in [-0.39, 0.29) is 17.2 Å². The Morgan fingerprint density at radius 2 is 1.09 bits per heavy atom. The van der Waals surface area contributed by atoms with Crippen LogP contribution in [0.2, 0.25) is 10.0 Å². The number of benzene rings is 2. The number of methoxy groups -OCH3 is 2. The Hall–Kier alpha value is -4.30. The Labute approximate surface area is 318 Å². The number of aromatic nitrogens is 2. The molecule has 2 amide bonds. The van der Waals surface area contributed by atoms with E-state index in [0.717, 1.165) is 46.5 Å². The minimum absolute atomic E-state index is 0.117. The van der Waals surface area contributed by atoms with E-state index in [1.807, 2.05) is 60.7 Å². The van der Waals surface area contributed by atoms with E-state index >= 15 is 0 Å². The van der Waals surface area contributed by atoms with Gasteiger partial charge in [-0.05, 0) is 12.1 Å². The van der Waals surface area contributed by atoms with Crippen LogP contribution >= 0.6 is 23.2 Å². The predicted molar refractivity (Wildman–Crippen MR) is 202 cm³/mol. The lowest BCUT2D eigenvalue weighted by Crippen LogP contribution is -2.72. The standard InChI is InChI=1S/C39H42Cl2N6O6/c1-52-37-25(17-44-13-15-46(16-14-44)33(50)19-48)9-11-31(42-37)29-7-3-5-27(35(29)40)28-6-4-8-30(36(28)41)32-12-10-26(38(43-32)53-2)18-45-21-39(22-45)23-47(24-39)34(51)20-49/h3-12,48-49H,13-24H2,1-2H3. The van der Waals surface area contributed by atoms with Crippen LogP contribution in [0, 0.1) is 5.41 Å². The largest absolute Gasteiger partial charge is 0.481 e. The van der Waals surface area contributed by atoms with Crippen LogP contribution in [0.5, 0.6) is 11.8 Å². The topological polar surface area (TPSA) is 132 Å². The van der Waals surface area contributed by atoms with E-state index in [9.17, 15) is 14.7 Å². The summed E-state index contributed by atoms with van der Waals surface area (Å²) in [6.45, 7) is 6.00. The van der Waals surface area contributed by atoms with Crippen molar-refractivity contribution in [1.29, 1.82) is 0 Å². The van der Waals surface area contributed by atoms with Crippen molar-refractivity contribution in [2.75, 3.05) is 79.8 Å². The molecule has 0 bridgehead atoms. The first-order valence-corrected chi connectivity index (χ1v) is 18.3. The molecule has 4 aromatic rings. The third-order valence-corrected chi connectivity index (χ3v) is 11.2. The molecule has 0 atom stereocenters. The van der Waals surface area contributed by atoms with Gasteiger partial charge in [0.1, 0.15) is 13.2 Å². The zero-order valence-electron chi connectivity index (χ0n) is 29.7. The molecular weight excluding hydrogens is 719 g/mol. The van der Waals surface area contributed by atoms with Crippen molar-refractivity contribution in [2.45, 2.75) is 13.1 Å². The number of likely N-dealkylation sites (tertiary alicyclic amines) is 2. The number of nitrogens with zero attached hydrogens (tertiary/aromatic N) is 6. The summed E-state index contributed by atoms with van der Waals surface area (Å²) in [5.74, 6) is 0.565. The van der Waals surface area contributed by atoms with Gasteiger partial charge in [0.15, 0.2) is 0 Å². The molecule has 12 nitrogen and oxygen atoms in total. The summed E-state index contributed by atoms with van der Waals surface area (Å²) in [7, 11) is 3.21. The predicted octanol–water partition coefficient (Wildman–Crippen LogP) is 4.07. The Kier molecular flexibility index (Phi) is 10.9. The third-order valence-electron chi connectivity index (χ3n) is 10.4. The number of piperazine rings is 1. The van der Waals surface area contributed by atoms with Crippen molar-refractivity contribution >= 4 is 35.0 Å². The number of ether oxygens (including phenoxy) is 2. The van der Waals surface area contributed by atoms with Crippen LogP contribution < -0.4 is 9.47 Å². The van der Waals surface area contributed by atoms with Crippen molar-refractivity contribution < 1.29 is 29.3 Å². The highest BCUT2D eigenvalue weighted by molar-refractivity contribution is 6.39. The number of amides is 2. The van der Waals surface area contributed by atoms with Gasteiger partial charge in [0, 0.05) is 104 Å². The van der Waals surface area contributed by atoms with Crippen molar-refractivity contribution in [1.82, 2.24) is 29.6 Å². The zero-order chi connectivity index (χ0) is 37.3. The fraction of sp³-hybridized carbons (Fsp3) is 0.385. The van der Waals surface area contributed by atoms with E-state index in [0.29, 0.717) is 85.6 Å². The smallest absolute Gasteiger partial charge is 0.248 e. The fourth-order valence-electron chi connectivity index (χ4n) is 7.70. The molecule has 3 saturated heterocycles. The van der Waals surface area contributed by atoms with Crippen LogP contribution in [0.1, 0.15) is 11.1 Å². The molecular formula is C39H42Cl2N6O6. The summed E-state index contributed by atoms with van der Waals surface area (Å²) in [5.41, 5.74) is 6.31. The van der Waals surface area contributed by atoms with E-state index in [2.05, 4.69) is 9.80 Å². The summed E-state index contributed by atoms with van der Waals surface area (Å²) >= 11 is 14.3. The molecule has 2 N–H and O–H groups in total. The van der Waals surface area contributed by atoms with Crippen molar-refractivity contribution in [3.8, 4) is 45.4 Å². The molecule has 3 fully saturated rings. The first-order chi connectivity index (χ1) is 25.6. The summed E-state index contributed by atoms with van der Waals surface area (Å²) in [5, 5.41) is 19.3. The maximum Gasteiger partial charge on any atom is 0.248 e. The van der Waals surface area contributed by atoms with Crippen molar-refractivity contribution in [2.24, 2.45) is 5.41 Å². The van der Waals surface area contributed by atoms with Gasteiger partial charge in [-0.15, -0.1) is 0 Å². The van der Waals surface area contributed by atoms with Gasteiger partial charge in [0.05, 0.1) is 35.7 Å². The van der Waals surface area contributed by atoms with E-state index in [1.54, 1.807) is 24.0 Å². The molecule has 0 unspecified atom stereocenters. The Morgan fingerprint density at radius 3 is 1.57 bits per heavy atom. The second-order valence-corrected chi connectivity index (χ2v) is 14.7. The monoisotopic (exact) mass is 760 g/mol. The molecule has 5 heterocycles. The number of carbonyl (C=O) groups excluding carboxylic acids is 2. The lowest BCUT2D eigenvalue weighted by molar-refractivity contribution is -0.162. The number of aliphatic hydroxyl groups is 2. The van der Waals surface area contributed by atoms with Gasteiger partial charge in [0.2, 0.25) is 23.6 Å². The number of rotatable bonds is 11. The van der Waals surface area contributed by atoms with Gasteiger partial charge in [-0.1, -0.05) is 71.7 Å². The summed E-state index contributed by atoms with van der Waals surface area (Å²) in [6.07, 6.45) is 0. The van der Waals surface area contributed by atoms with Crippen molar-refractivity contribution in [3.05, 3.63) is 81.8 Å². The molecule has 0 aliphatic carbocycles. The number of aliphatic hydroxyl groups excluding tert-OH is 2. The van der Waals surface area contributed by atoms with Crippen LogP contribution in [-0.2, 0) is 22.7 Å². The third kappa shape index (κ3) is 7.44. The fourth-order valence-corrected chi connectivity index (χ4v) is 8.35. The number of hydrogen-bond acceptors (Lipinski definition) is 10. The van der Waals surface area contributed by atoms with Gasteiger partial charge in [-0.2, -0.15) is 0 Å². The molecule has 53 heavy (non-hydrogen) atoms. The van der Waals surface area contributed by atoms with Gasteiger partial charge in [-0.3, -0.25) is 19.4 Å². The molecule has 14 heteroatoms. The first-order valence-electron chi connectivity index (χ1n) is 17.5. The second-order valence-electron chi connectivity index (χ2n) is 13.9. The number of pyridine rings is 2. The molecule has 3 aliphatic heterocycles. The van der Waals surface area contributed by atoms with Crippen LogP contribution in [0.3, 0.4) is 0 Å². The maximum absolute atomic E-state index is 11.9. The SMILES string of the molecule is COc1nc(-c2cccc(-c3cccc(-c4ccc(CN5CC6(C5)CN(C(=O)CO)C6)c(OC)n4)c3Cl)c2Cl)ccc1CN1CCN(C(=O)CO)CC1. The number of carbonyl (C=O) groups is 2. The minimum Gasteiger partial charge on any atom is -0.481 e. The summed E-state index contributed by atoms with van der Waals surface area (Å²) < 4.78 is 11.4. The minimum atomic E-state index is -0.470. The lowest BCUT2D eigenvalue weighted by Gasteiger charge is -2.60. The highest BCUT2D eigenvalue weighted by Gasteiger charge is 2.52. The van der Waals surface area contributed by atoms with Crippen LogP contribution in [0.25, 0.3) is 33.6 Å². The lowest BCUT2D eigenvalue weighted by atomic mass is 9.72. The quantitative estimate of drug-likeness (QED) is 0.231. The molecule has 278 valence electrons. The summed E-state index contributed by atoms with van der Waals surface area (Å²) in [4.78, 5) is 41.2. The van der Waals surface area contributed by atoms with Crippen LogP contribution in [-0.4, -0.2) is 131 Å². The first kappa shape index (κ1) is 37.0. The van der Waals surface area contributed by atoms with E-state index in [1.165, 1.54) is 0 Å². The molecule has 0 radical (unpaired) electrons. The molecule has 1 spiro atoms. The van der Waals surface area contributed by atoms with E-state index in [4.69, 9.17) is 47.8 Å². The Balaban J connectivity index is 1.07. The Morgan fingerprint density at radius 1 is 0.642 bits per heavy atom. The normalized spacial score (nSPS) is 17.0. The zero-order valence-corrected chi connectivity index (χ0v) is 31.2. The van der Waals surface area contributed by atoms with Gasteiger partial charge >= 0.3 is 0 Å². The second kappa shape index (κ2) is 15.6. The van der Waals surface area contributed by atoms with E-state index < -0.39 is 13.2 Å². The van der Waals surface area contributed by atoms with Crippen LogP contribution in [0.15, 0.2) is 60.7 Å². The Bertz CT molecular complexity index is 2010. The summed E-state index contributed by atoms with van der Waals surface area (Å²) in [6, 6.07) is 19.5. The van der Waals surface area contributed by atoms with Gasteiger partial charge in [-0.25, -0.2) is 9.97 Å². The van der Waals surface area contributed by atoms with Gasteiger partial charge < -0.3 is 29.5 Å². The molecule has 7 rings (SSSR count). The highest BCUT2D eigenvalue weighted by Crippen LogP contribution is 2.44. The highest BCUT2D eigenvalue weighted by atomic mass is 35.5. The maximum atomic E-state index is 11.9. The number of hydrogen-bond donors (Lipinski definition) is 2. The van der Waals surface area contributed by atoms with Crippen LogP contribution in [0.4, 0.5) is 0 Å². The average Bonchev–Trinajstić information content (AvgIpc) is 3.15. The van der Waals surface area contributed by atoms with Crippen molar-refractivity contribution in [3.63, 3.8) is 0 Å². The molecule has 0 saturated carbocycles.